The Balaban J connectivity index is 1.57. The minimum atomic E-state index is -3.69. The maximum atomic E-state index is 13.8. The third-order valence-corrected chi connectivity index (χ3v) is 6.13. The summed E-state index contributed by atoms with van der Waals surface area (Å²) >= 11 is 5.90. The second-order valence-corrected chi connectivity index (χ2v) is 8.79. The number of sulfonamides is 1. The number of rotatable bonds is 7. The summed E-state index contributed by atoms with van der Waals surface area (Å²) in [5.41, 5.74) is 2.07. The van der Waals surface area contributed by atoms with Crippen molar-refractivity contribution in [3.63, 3.8) is 0 Å². The molecule has 1 heterocycles. The molecule has 0 spiro atoms. The van der Waals surface area contributed by atoms with Gasteiger partial charge in [-0.15, -0.1) is 0 Å². The van der Waals surface area contributed by atoms with Crippen LogP contribution in [0.15, 0.2) is 42.5 Å². The molecule has 140 valence electrons. The summed E-state index contributed by atoms with van der Waals surface area (Å²) in [5, 5.41) is 0.113. The molecule has 0 atom stereocenters. The van der Waals surface area contributed by atoms with Crippen LogP contribution in [0.25, 0.3) is 0 Å². The Morgan fingerprint density at radius 2 is 1.69 bits per heavy atom. The Kier molecular flexibility index (Phi) is 6.29. The summed E-state index contributed by atoms with van der Waals surface area (Å²) in [6, 6.07) is 12.0. The van der Waals surface area contributed by atoms with Crippen molar-refractivity contribution in [2.45, 2.75) is 31.7 Å². The van der Waals surface area contributed by atoms with Crippen molar-refractivity contribution >= 4 is 21.6 Å². The topological polar surface area (TPSA) is 49.4 Å². The van der Waals surface area contributed by atoms with E-state index in [0.717, 1.165) is 25.2 Å². The molecule has 7 heteroatoms. The second kappa shape index (κ2) is 8.48. The van der Waals surface area contributed by atoms with E-state index in [9.17, 15) is 12.8 Å². The van der Waals surface area contributed by atoms with Crippen LogP contribution in [0.5, 0.6) is 0 Å². The number of nitrogens with one attached hydrogen (secondary N) is 1. The highest BCUT2D eigenvalue weighted by atomic mass is 35.5. The maximum absolute atomic E-state index is 13.8. The molecular weight excluding hydrogens is 375 g/mol. The van der Waals surface area contributed by atoms with Crippen LogP contribution in [0, 0.1) is 5.82 Å². The van der Waals surface area contributed by atoms with Crippen molar-refractivity contribution in [2.24, 2.45) is 0 Å². The van der Waals surface area contributed by atoms with Crippen molar-refractivity contribution in [3.05, 3.63) is 70.0 Å². The van der Waals surface area contributed by atoms with Crippen molar-refractivity contribution in [3.8, 4) is 0 Å². The van der Waals surface area contributed by atoms with Gasteiger partial charge in [-0.1, -0.05) is 41.9 Å². The maximum Gasteiger partial charge on any atom is 0.216 e. The third kappa shape index (κ3) is 5.27. The predicted molar refractivity (Wildman–Crippen MR) is 102 cm³/mol. The van der Waals surface area contributed by atoms with E-state index in [1.54, 1.807) is 0 Å². The monoisotopic (exact) mass is 396 g/mol. The van der Waals surface area contributed by atoms with Gasteiger partial charge in [-0.3, -0.25) is 4.90 Å². The van der Waals surface area contributed by atoms with Crippen LogP contribution in [0.4, 0.5) is 4.39 Å². The van der Waals surface area contributed by atoms with Crippen LogP contribution >= 0.6 is 11.6 Å². The smallest absolute Gasteiger partial charge is 0.216 e. The summed E-state index contributed by atoms with van der Waals surface area (Å²) in [6.07, 6.45) is 2.51. The fraction of sp³-hybridized carbons (Fsp3) is 0.368. The van der Waals surface area contributed by atoms with E-state index in [1.165, 1.54) is 36.6 Å². The minimum absolute atomic E-state index is 0.0115. The van der Waals surface area contributed by atoms with Gasteiger partial charge in [0, 0.05) is 23.7 Å². The lowest BCUT2D eigenvalue weighted by Crippen LogP contribution is -2.25. The van der Waals surface area contributed by atoms with E-state index in [1.807, 2.05) is 24.3 Å². The number of halogens is 2. The Hall–Kier alpha value is -1.47. The van der Waals surface area contributed by atoms with Gasteiger partial charge in [0.15, 0.2) is 0 Å². The quantitative estimate of drug-likeness (QED) is 0.776. The Labute approximate surface area is 159 Å². The molecule has 2 aromatic carbocycles. The number of nitrogens with zero attached hydrogens (tertiary/aromatic N) is 1. The highest BCUT2D eigenvalue weighted by Gasteiger charge is 2.17. The highest BCUT2D eigenvalue weighted by Crippen LogP contribution is 2.21. The molecule has 3 rings (SSSR count). The molecule has 1 aliphatic rings. The SMILES string of the molecule is O=S(=O)(Cc1c(F)cccc1Cl)NCc1ccc(CN2CCCC2)cc1. The molecule has 0 aromatic heterocycles. The van der Waals surface area contributed by atoms with Crippen molar-refractivity contribution < 1.29 is 12.8 Å². The van der Waals surface area contributed by atoms with Crippen molar-refractivity contribution in [1.29, 1.82) is 0 Å². The normalized spacial score (nSPS) is 15.5. The largest absolute Gasteiger partial charge is 0.299 e. The summed E-state index contributed by atoms with van der Waals surface area (Å²) < 4.78 is 40.7. The van der Waals surface area contributed by atoms with E-state index in [-0.39, 0.29) is 17.1 Å². The van der Waals surface area contributed by atoms with Crippen molar-refractivity contribution in [2.75, 3.05) is 13.1 Å². The van der Waals surface area contributed by atoms with E-state index in [4.69, 9.17) is 11.6 Å². The van der Waals surface area contributed by atoms with Gasteiger partial charge in [-0.2, -0.15) is 0 Å². The first-order valence-corrected chi connectivity index (χ1v) is 10.7. The molecule has 1 N–H and O–H groups in total. The summed E-state index contributed by atoms with van der Waals surface area (Å²) in [6.45, 7) is 3.37. The highest BCUT2D eigenvalue weighted by molar-refractivity contribution is 7.88. The number of hydrogen-bond acceptors (Lipinski definition) is 3. The lowest BCUT2D eigenvalue weighted by atomic mass is 10.1. The average Bonchev–Trinajstić information content (AvgIpc) is 3.11. The van der Waals surface area contributed by atoms with Gasteiger partial charge < -0.3 is 0 Å². The molecule has 1 saturated heterocycles. The van der Waals surface area contributed by atoms with Gasteiger partial charge in [0.05, 0.1) is 5.75 Å². The second-order valence-electron chi connectivity index (χ2n) is 6.58. The molecule has 0 bridgehead atoms. The molecule has 0 unspecified atom stereocenters. The van der Waals surface area contributed by atoms with Crippen molar-refractivity contribution in [1.82, 2.24) is 9.62 Å². The van der Waals surface area contributed by atoms with Crippen LogP contribution in [0.2, 0.25) is 5.02 Å². The van der Waals surface area contributed by atoms with E-state index >= 15 is 0 Å². The number of benzene rings is 2. The van der Waals surface area contributed by atoms with E-state index in [2.05, 4.69) is 9.62 Å². The Bertz CT molecular complexity index is 830. The van der Waals surface area contributed by atoms with Gasteiger partial charge in [0.1, 0.15) is 5.82 Å². The minimum Gasteiger partial charge on any atom is -0.299 e. The standard InChI is InChI=1S/C19H22ClFN2O2S/c20-18-4-3-5-19(21)17(18)14-26(24,25)22-12-15-6-8-16(9-7-15)13-23-10-1-2-11-23/h3-9,22H,1-2,10-14H2. The first-order valence-electron chi connectivity index (χ1n) is 8.63. The average molecular weight is 397 g/mol. The Morgan fingerprint density at radius 1 is 1.04 bits per heavy atom. The van der Waals surface area contributed by atoms with Gasteiger partial charge in [-0.05, 0) is 49.2 Å². The summed E-state index contributed by atoms with van der Waals surface area (Å²) in [4.78, 5) is 2.41. The lowest BCUT2D eigenvalue weighted by Gasteiger charge is -2.14. The fourth-order valence-electron chi connectivity index (χ4n) is 3.07. The fourth-order valence-corrected chi connectivity index (χ4v) is 4.54. The Morgan fingerprint density at radius 3 is 2.35 bits per heavy atom. The van der Waals surface area contributed by atoms with E-state index < -0.39 is 21.6 Å². The van der Waals surface area contributed by atoms with E-state index in [0.29, 0.717) is 0 Å². The first-order chi connectivity index (χ1) is 12.4. The van der Waals surface area contributed by atoms with Crippen LogP contribution in [0.1, 0.15) is 29.5 Å². The van der Waals surface area contributed by atoms with Gasteiger partial charge in [0.2, 0.25) is 10.0 Å². The molecule has 0 aliphatic carbocycles. The molecule has 1 fully saturated rings. The van der Waals surface area contributed by atoms with Gasteiger partial charge in [0.25, 0.3) is 0 Å². The van der Waals surface area contributed by atoms with Gasteiger partial charge >= 0.3 is 0 Å². The van der Waals surface area contributed by atoms with Crippen LogP contribution in [-0.2, 0) is 28.9 Å². The van der Waals surface area contributed by atoms with Crippen LogP contribution < -0.4 is 4.72 Å². The molecule has 2 aromatic rings. The zero-order valence-electron chi connectivity index (χ0n) is 14.4. The first kappa shape index (κ1) is 19.3. The molecule has 0 radical (unpaired) electrons. The molecule has 0 saturated carbocycles. The third-order valence-electron chi connectivity index (χ3n) is 4.52. The lowest BCUT2D eigenvalue weighted by molar-refractivity contribution is 0.331. The molecule has 0 amide bonds. The molecule has 1 aliphatic heterocycles. The summed E-state index contributed by atoms with van der Waals surface area (Å²) in [7, 11) is -3.69. The van der Waals surface area contributed by atoms with Crippen LogP contribution in [0.3, 0.4) is 0 Å². The number of hydrogen-bond donors (Lipinski definition) is 1. The molecular formula is C19H22ClFN2O2S. The molecule has 4 nitrogen and oxygen atoms in total. The van der Waals surface area contributed by atoms with Gasteiger partial charge in [-0.25, -0.2) is 17.5 Å². The number of likely N-dealkylation sites (tertiary alicyclic amines) is 1. The van der Waals surface area contributed by atoms with Crippen LogP contribution in [-0.4, -0.2) is 26.4 Å². The zero-order valence-corrected chi connectivity index (χ0v) is 16.0. The predicted octanol–water partition coefficient (Wildman–Crippen LogP) is 3.69. The summed E-state index contributed by atoms with van der Waals surface area (Å²) in [5.74, 6) is -1.10. The zero-order chi connectivity index (χ0) is 18.6. The molecule has 26 heavy (non-hydrogen) atoms.